The monoisotopic (exact) mass is 208 g/mol. The van der Waals surface area contributed by atoms with Gasteiger partial charge in [-0.2, -0.15) is 0 Å². The second-order valence-corrected chi connectivity index (χ2v) is 5.89. The number of Topliss-reactive ketones (excluding diaryl/α,β-unsaturated/α-hetero) is 1. The minimum atomic E-state index is -0.237. The van der Waals surface area contributed by atoms with Crippen molar-refractivity contribution in [1.29, 1.82) is 0 Å². The molecule has 0 spiro atoms. The Hall–Kier alpha value is -0.630. The number of ketones is 1. The molecule has 2 nitrogen and oxygen atoms in total. The first kappa shape index (κ1) is 10.9. The maximum absolute atomic E-state index is 12.2. The molecule has 1 saturated heterocycles. The van der Waals surface area contributed by atoms with Crippen molar-refractivity contribution in [3.8, 4) is 0 Å². The van der Waals surface area contributed by atoms with Gasteiger partial charge in [0.05, 0.1) is 12.2 Å². The maximum atomic E-state index is 12.2. The molecule has 0 amide bonds. The lowest BCUT2D eigenvalue weighted by Crippen LogP contribution is -2.33. The van der Waals surface area contributed by atoms with Crippen molar-refractivity contribution in [2.75, 3.05) is 0 Å². The highest BCUT2D eigenvalue weighted by Crippen LogP contribution is 2.39. The van der Waals surface area contributed by atoms with Gasteiger partial charge in [0.2, 0.25) is 0 Å². The van der Waals surface area contributed by atoms with Gasteiger partial charge in [-0.25, -0.2) is 0 Å². The molecule has 2 aliphatic heterocycles. The van der Waals surface area contributed by atoms with Crippen LogP contribution in [0.2, 0.25) is 0 Å². The van der Waals surface area contributed by atoms with E-state index in [4.69, 9.17) is 4.74 Å². The number of ether oxygens (including phenoxy) is 1. The Kier molecular flexibility index (Phi) is 2.50. The molecule has 84 valence electrons. The smallest absolute Gasteiger partial charge is 0.143 e. The van der Waals surface area contributed by atoms with Crippen molar-refractivity contribution in [3.63, 3.8) is 0 Å². The van der Waals surface area contributed by atoms with Gasteiger partial charge in [0.25, 0.3) is 0 Å². The first-order valence-electron chi connectivity index (χ1n) is 5.75. The van der Waals surface area contributed by atoms with Gasteiger partial charge in [0, 0.05) is 11.3 Å². The highest BCUT2D eigenvalue weighted by Gasteiger charge is 2.44. The van der Waals surface area contributed by atoms with E-state index < -0.39 is 0 Å². The lowest BCUT2D eigenvalue weighted by Gasteiger charge is -2.25. The Morgan fingerprint density at radius 1 is 1.47 bits per heavy atom. The van der Waals surface area contributed by atoms with Gasteiger partial charge >= 0.3 is 0 Å². The fourth-order valence-corrected chi connectivity index (χ4v) is 2.61. The van der Waals surface area contributed by atoms with E-state index in [-0.39, 0.29) is 23.5 Å². The molecule has 2 bridgehead atoms. The van der Waals surface area contributed by atoms with E-state index in [0.717, 1.165) is 12.8 Å². The van der Waals surface area contributed by atoms with Crippen LogP contribution in [0.15, 0.2) is 11.6 Å². The summed E-state index contributed by atoms with van der Waals surface area (Å²) in [6.07, 6.45) is 4.33. The van der Waals surface area contributed by atoms with E-state index in [2.05, 4.69) is 13.0 Å². The van der Waals surface area contributed by atoms with Gasteiger partial charge in [0.1, 0.15) is 5.78 Å². The molecule has 2 aliphatic rings. The maximum Gasteiger partial charge on any atom is 0.143 e. The standard InChI is InChI=1S/C13H20O2/c1-8-5-9-7-10(11(6-8)15-9)12(14)13(2,3)4/h5,9-11H,6-7H2,1-4H3/t9-,10-,11+/m1/s1. The number of carbonyl (C=O) groups excluding carboxylic acids is 1. The lowest BCUT2D eigenvalue weighted by atomic mass is 9.79. The summed E-state index contributed by atoms with van der Waals surface area (Å²) in [5, 5.41) is 0. The quantitative estimate of drug-likeness (QED) is 0.619. The summed E-state index contributed by atoms with van der Waals surface area (Å²) in [4.78, 5) is 12.2. The molecule has 0 N–H and O–H groups in total. The van der Waals surface area contributed by atoms with Gasteiger partial charge in [-0.1, -0.05) is 32.4 Å². The molecular formula is C13H20O2. The SMILES string of the molecule is CC1=C[C@@H]2C[C@@H](C(=O)C(C)(C)C)[C@H](C1)O2. The van der Waals surface area contributed by atoms with Crippen LogP contribution in [0, 0.1) is 11.3 Å². The highest BCUT2D eigenvalue weighted by molar-refractivity contribution is 5.86. The van der Waals surface area contributed by atoms with Crippen molar-refractivity contribution in [3.05, 3.63) is 11.6 Å². The molecule has 2 rings (SSSR count). The summed E-state index contributed by atoms with van der Waals surface area (Å²) in [5.74, 6) is 0.474. The zero-order valence-electron chi connectivity index (χ0n) is 10.0. The predicted molar refractivity (Wildman–Crippen MR) is 59.6 cm³/mol. The minimum absolute atomic E-state index is 0.115. The van der Waals surface area contributed by atoms with Crippen LogP contribution in [0.3, 0.4) is 0 Å². The molecule has 0 unspecified atom stereocenters. The molecular weight excluding hydrogens is 188 g/mol. The van der Waals surface area contributed by atoms with Crippen molar-refractivity contribution in [2.24, 2.45) is 11.3 Å². The van der Waals surface area contributed by atoms with Crippen LogP contribution in [0.25, 0.3) is 0 Å². The number of rotatable bonds is 1. The van der Waals surface area contributed by atoms with Crippen molar-refractivity contribution in [1.82, 2.24) is 0 Å². The second-order valence-electron chi connectivity index (χ2n) is 5.89. The zero-order valence-corrected chi connectivity index (χ0v) is 10.0. The van der Waals surface area contributed by atoms with Crippen molar-refractivity contribution < 1.29 is 9.53 Å². The topological polar surface area (TPSA) is 26.3 Å². The van der Waals surface area contributed by atoms with Gasteiger partial charge in [-0.3, -0.25) is 4.79 Å². The second kappa shape index (κ2) is 3.44. The summed E-state index contributed by atoms with van der Waals surface area (Å²) >= 11 is 0. The van der Waals surface area contributed by atoms with Crippen molar-refractivity contribution in [2.45, 2.75) is 52.7 Å². The minimum Gasteiger partial charge on any atom is -0.370 e. The van der Waals surface area contributed by atoms with Crippen LogP contribution >= 0.6 is 0 Å². The predicted octanol–water partition coefficient (Wildman–Crippen LogP) is 2.73. The average Bonchev–Trinajstić information content (AvgIpc) is 2.38. The van der Waals surface area contributed by atoms with Gasteiger partial charge < -0.3 is 4.74 Å². The van der Waals surface area contributed by atoms with E-state index in [0.29, 0.717) is 5.78 Å². The lowest BCUT2D eigenvalue weighted by molar-refractivity contribution is -0.132. The van der Waals surface area contributed by atoms with Crippen LogP contribution in [-0.2, 0) is 9.53 Å². The summed E-state index contributed by atoms with van der Waals surface area (Å²) < 4.78 is 5.80. The molecule has 0 saturated carbocycles. The summed E-state index contributed by atoms with van der Waals surface area (Å²) in [6.45, 7) is 8.13. The Labute approximate surface area is 91.7 Å². The van der Waals surface area contributed by atoms with Crippen LogP contribution in [0.1, 0.15) is 40.5 Å². The summed E-state index contributed by atoms with van der Waals surface area (Å²) in [7, 11) is 0. The molecule has 1 fully saturated rings. The third kappa shape index (κ3) is 2.00. The highest BCUT2D eigenvalue weighted by atomic mass is 16.5. The average molecular weight is 208 g/mol. The molecule has 2 heterocycles. The molecule has 0 aromatic heterocycles. The van der Waals surface area contributed by atoms with Crippen LogP contribution in [-0.4, -0.2) is 18.0 Å². The van der Waals surface area contributed by atoms with Crippen LogP contribution < -0.4 is 0 Å². The molecule has 2 heteroatoms. The molecule has 0 aliphatic carbocycles. The van der Waals surface area contributed by atoms with Crippen LogP contribution in [0.4, 0.5) is 0 Å². The Morgan fingerprint density at radius 2 is 2.13 bits per heavy atom. The number of fused-ring (bicyclic) bond motifs is 2. The summed E-state index contributed by atoms with van der Waals surface area (Å²) in [6, 6.07) is 0. The van der Waals surface area contributed by atoms with E-state index in [1.165, 1.54) is 5.57 Å². The van der Waals surface area contributed by atoms with Gasteiger partial charge in [-0.15, -0.1) is 0 Å². The fourth-order valence-electron chi connectivity index (χ4n) is 2.61. The van der Waals surface area contributed by atoms with E-state index >= 15 is 0 Å². The molecule has 0 aromatic rings. The molecule has 0 aromatic carbocycles. The Morgan fingerprint density at radius 3 is 2.73 bits per heavy atom. The zero-order chi connectivity index (χ0) is 11.2. The van der Waals surface area contributed by atoms with Gasteiger partial charge in [-0.05, 0) is 19.8 Å². The Balaban J connectivity index is 2.13. The first-order chi connectivity index (χ1) is 6.88. The molecule has 3 atom stereocenters. The largest absolute Gasteiger partial charge is 0.370 e. The molecule has 0 radical (unpaired) electrons. The number of hydrogen-bond acceptors (Lipinski definition) is 2. The summed E-state index contributed by atoms with van der Waals surface area (Å²) in [5.41, 5.74) is 1.14. The molecule has 15 heavy (non-hydrogen) atoms. The van der Waals surface area contributed by atoms with Crippen LogP contribution in [0.5, 0.6) is 0 Å². The third-order valence-electron chi connectivity index (χ3n) is 3.35. The normalized spacial score (nSPS) is 35.2. The third-order valence-corrected chi connectivity index (χ3v) is 3.35. The number of carbonyl (C=O) groups is 1. The van der Waals surface area contributed by atoms with Gasteiger partial charge in [0.15, 0.2) is 0 Å². The first-order valence-corrected chi connectivity index (χ1v) is 5.75. The Bertz CT molecular complexity index is 309. The fraction of sp³-hybridized carbons (Fsp3) is 0.769. The van der Waals surface area contributed by atoms with E-state index in [1.54, 1.807) is 0 Å². The van der Waals surface area contributed by atoms with E-state index in [1.807, 2.05) is 20.8 Å². The van der Waals surface area contributed by atoms with E-state index in [9.17, 15) is 4.79 Å². The number of hydrogen-bond donors (Lipinski definition) is 0. The van der Waals surface area contributed by atoms with Crippen molar-refractivity contribution >= 4 is 5.78 Å².